The van der Waals surface area contributed by atoms with Gasteiger partial charge in [-0.3, -0.25) is 0 Å². The van der Waals surface area contributed by atoms with Gasteiger partial charge in [0.05, 0.1) is 0 Å². The third-order valence-corrected chi connectivity index (χ3v) is 11.4. The van der Waals surface area contributed by atoms with Crippen molar-refractivity contribution >= 4 is 87.0 Å². The molecule has 0 radical (unpaired) electrons. The largest absolute Gasteiger partial charge is 0.456 e. The second kappa shape index (κ2) is 11.2. The fraction of sp³-hybridized carbons (Fsp3) is 0. The van der Waals surface area contributed by atoms with Crippen LogP contribution in [0.25, 0.3) is 120 Å². The van der Waals surface area contributed by atoms with Crippen LogP contribution in [0.3, 0.4) is 0 Å². The maximum absolute atomic E-state index is 6.67. The highest BCUT2D eigenvalue weighted by Crippen LogP contribution is 2.47. The molecule has 10 aromatic carbocycles. The van der Waals surface area contributed by atoms with Crippen molar-refractivity contribution in [1.29, 1.82) is 0 Å². The number of hydrogen-bond donors (Lipinski definition) is 0. The second-order valence-corrected chi connectivity index (χ2v) is 14.3. The Morgan fingerprint density at radius 3 is 1.43 bits per heavy atom. The van der Waals surface area contributed by atoms with Crippen LogP contribution in [-0.2, 0) is 0 Å². The smallest absolute Gasteiger partial charge is 0.136 e. The second-order valence-electron chi connectivity index (χ2n) is 14.3. The molecule has 0 aliphatic rings. The van der Waals surface area contributed by atoms with E-state index in [4.69, 9.17) is 8.83 Å². The van der Waals surface area contributed by atoms with E-state index in [1.807, 2.05) is 24.3 Å². The minimum absolute atomic E-state index is 0.870. The summed E-state index contributed by atoms with van der Waals surface area (Å²) in [6.07, 6.45) is 0. The number of rotatable bonds is 3. The molecular formula is C52H30O2. The fourth-order valence-corrected chi connectivity index (χ4v) is 9.10. The van der Waals surface area contributed by atoms with Crippen LogP contribution in [0.1, 0.15) is 0 Å². The van der Waals surface area contributed by atoms with Crippen molar-refractivity contribution in [3.63, 3.8) is 0 Å². The van der Waals surface area contributed by atoms with E-state index in [1.165, 1.54) is 65.3 Å². The Balaban J connectivity index is 1.05. The van der Waals surface area contributed by atoms with Crippen LogP contribution in [0.5, 0.6) is 0 Å². The number of furan rings is 2. The summed E-state index contributed by atoms with van der Waals surface area (Å²) in [5.74, 6) is 0. The van der Waals surface area contributed by atoms with Crippen LogP contribution in [-0.4, -0.2) is 0 Å². The normalized spacial score (nSPS) is 12.1. The molecule has 0 saturated carbocycles. The summed E-state index contributed by atoms with van der Waals surface area (Å²) in [7, 11) is 0. The summed E-state index contributed by atoms with van der Waals surface area (Å²) in [6.45, 7) is 0. The molecule has 54 heavy (non-hydrogen) atoms. The fourth-order valence-electron chi connectivity index (χ4n) is 9.10. The van der Waals surface area contributed by atoms with Crippen molar-refractivity contribution in [3.8, 4) is 33.4 Å². The average molecular weight is 687 g/mol. The molecule has 250 valence electrons. The summed E-state index contributed by atoms with van der Waals surface area (Å²) in [5.41, 5.74) is 10.8. The molecule has 2 heteroatoms. The molecule has 0 atom stereocenters. The van der Waals surface area contributed by atoms with E-state index < -0.39 is 0 Å². The van der Waals surface area contributed by atoms with Gasteiger partial charge in [-0.1, -0.05) is 146 Å². The maximum atomic E-state index is 6.67. The Labute approximate surface area is 310 Å². The Bertz CT molecular complexity index is 3430. The first-order valence-electron chi connectivity index (χ1n) is 18.5. The Morgan fingerprint density at radius 1 is 0.259 bits per heavy atom. The van der Waals surface area contributed by atoms with Crippen LogP contribution < -0.4 is 0 Å². The van der Waals surface area contributed by atoms with E-state index in [1.54, 1.807) is 0 Å². The first-order chi connectivity index (χ1) is 26.8. The SMILES string of the molecule is c1ccc(-c2c3ccccc3c(-c3ccc4cc(-c5cc6oc7ccc8oc9ccccc9c8c7c6c6ccccc56)ccc4c3)c3ccccc23)cc1. The van der Waals surface area contributed by atoms with E-state index in [-0.39, 0.29) is 0 Å². The van der Waals surface area contributed by atoms with Gasteiger partial charge in [-0.2, -0.15) is 0 Å². The maximum Gasteiger partial charge on any atom is 0.136 e. The standard InChI is InChI=1S/C52H30O2/c1-2-12-31(13-3-1)48-38-16-6-8-18-40(38)49(41-19-9-7-17-39(41)48)35-25-23-32-28-34(24-22-33(32)29-35)43-30-47-50(37-15-5-4-14-36(37)43)52-46(54-47)27-26-45-51(52)42-20-10-11-21-44(42)53-45/h1-30H. The first kappa shape index (κ1) is 29.4. The van der Waals surface area contributed by atoms with Gasteiger partial charge in [-0.15, -0.1) is 0 Å². The molecule has 0 aliphatic carbocycles. The summed E-state index contributed by atoms with van der Waals surface area (Å²) < 4.78 is 13.0. The number of hydrogen-bond acceptors (Lipinski definition) is 2. The lowest BCUT2D eigenvalue weighted by atomic mass is 9.85. The minimum Gasteiger partial charge on any atom is -0.456 e. The molecule has 12 aromatic rings. The van der Waals surface area contributed by atoms with E-state index in [9.17, 15) is 0 Å². The number of fused-ring (bicyclic) bond motifs is 12. The Morgan fingerprint density at radius 2 is 0.741 bits per heavy atom. The molecule has 0 amide bonds. The zero-order valence-corrected chi connectivity index (χ0v) is 29.1. The predicted molar refractivity (Wildman–Crippen MR) is 227 cm³/mol. The van der Waals surface area contributed by atoms with Crippen LogP contribution in [0.15, 0.2) is 191 Å². The van der Waals surface area contributed by atoms with Gasteiger partial charge in [0.2, 0.25) is 0 Å². The molecule has 0 aliphatic heterocycles. The molecule has 0 fully saturated rings. The van der Waals surface area contributed by atoms with Gasteiger partial charge in [-0.25, -0.2) is 0 Å². The number of benzene rings is 10. The van der Waals surface area contributed by atoms with E-state index in [2.05, 4.69) is 158 Å². The van der Waals surface area contributed by atoms with Crippen molar-refractivity contribution in [2.45, 2.75) is 0 Å². The number of para-hydroxylation sites is 1. The Hall–Kier alpha value is -7.16. The molecule has 0 N–H and O–H groups in total. The van der Waals surface area contributed by atoms with Crippen molar-refractivity contribution < 1.29 is 8.83 Å². The van der Waals surface area contributed by atoms with Crippen LogP contribution >= 0.6 is 0 Å². The van der Waals surface area contributed by atoms with Crippen LogP contribution in [0.2, 0.25) is 0 Å². The van der Waals surface area contributed by atoms with Crippen LogP contribution in [0.4, 0.5) is 0 Å². The zero-order valence-electron chi connectivity index (χ0n) is 29.1. The molecular weight excluding hydrogens is 657 g/mol. The van der Waals surface area contributed by atoms with Gasteiger partial charge in [0, 0.05) is 21.5 Å². The summed E-state index contributed by atoms with van der Waals surface area (Å²) >= 11 is 0. The van der Waals surface area contributed by atoms with E-state index in [0.717, 1.165) is 55.0 Å². The predicted octanol–water partition coefficient (Wildman–Crippen LogP) is 15.1. The monoisotopic (exact) mass is 686 g/mol. The molecule has 0 saturated heterocycles. The molecule has 2 heterocycles. The summed E-state index contributed by atoms with van der Waals surface area (Å²) in [6, 6.07) is 65.6. The highest BCUT2D eigenvalue weighted by Gasteiger charge is 2.21. The lowest BCUT2D eigenvalue weighted by Crippen LogP contribution is -1.91. The van der Waals surface area contributed by atoms with Crippen molar-refractivity contribution in [3.05, 3.63) is 182 Å². The van der Waals surface area contributed by atoms with Crippen molar-refractivity contribution in [2.24, 2.45) is 0 Å². The van der Waals surface area contributed by atoms with Gasteiger partial charge in [0.15, 0.2) is 0 Å². The average Bonchev–Trinajstić information content (AvgIpc) is 3.81. The minimum atomic E-state index is 0.870. The van der Waals surface area contributed by atoms with Crippen molar-refractivity contribution in [2.75, 3.05) is 0 Å². The first-order valence-corrected chi connectivity index (χ1v) is 18.5. The molecule has 0 bridgehead atoms. The topological polar surface area (TPSA) is 26.3 Å². The molecule has 2 nitrogen and oxygen atoms in total. The lowest BCUT2D eigenvalue weighted by molar-refractivity contribution is 0.663. The van der Waals surface area contributed by atoms with Gasteiger partial charge in [0.1, 0.15) is 22.3 Å². The quantitative estimate of drug-likeness (QED) is 0.173. The molecule has 12 rings (SSSR count). The highest BCUT2D eigenvalue weighted by atomic mass is 16.3. The third-order valence-electron chi connectivity index (χ3n) is 11.4. The van der Waals surface area contributed by atoms with Gasteiger partial charge in [-0.05, 0) is 113 Å². The molecule has 0 unspecified atom stereocenters. The van der Waals surface area contributed by atoms with E-state index in [0.29, 0.717) is 0 Å². The molecule has 0 spiro atoms. The summed E-state index contributed by atoms with van der Waals surface area (Å²) in [5, 5.41) is 14.3. The van der Waals surface area contributed by atoms with Crippen molar-refractivity contribution in [1.82, 2.24) is 0 Å². The van der Waals surface area contributed by atoms with Gasteiger partial charge < -0.3 is 8.83 Å². The third kappa shape index (κ3) is 4.17. The zero-order chi connectivity index (χ0) is 35.3. The molecule has 2 aromatic heterocycles. The van der Waals surface area contributed by atoms with E-state index >= 15 is 0 Å². The lowest BCUT2D eigenvalue weighted by Gasteiger charge is -2.18. The van der Waals surface area contributed by atoms with Gasteiger partial charge in [0.25, 0.3) is 0 Å². The highest BCUT2D eigenvalue weighted by molar-refractivity contribution is 6.32. The van der Waals surface area contributed by atoms with Crippen LogP contribution in [0, 0.1) is 0 Å². The van der Waals surface area contributed by atoms with Gasteiger partial charge >= 0.3 is 0 Å². The summed E-state index contributed by atoms with van der Waals surface area (Å²) in [4.78, 5) is 0. The Kier molecular flexibility index (Phi) is 6.09.